The highest BCUT2D eigenvalue weighted by atomic mass is 16.5. The molecule has 3 nitrogen and oxygen atoms in total. The Morgan fingerprint density at radius 2 is 1.95 bits per heavy atom. The van der Waals surface area contributed by atoms with Crippen molar-refractivity contribution in [3.63, 3.8) is 0 Å². The summed E-state index contributed by atoms with van der Waals surface area (Å²) in [6.45, 7) is 2.94. The van der Waals surface area contributed by atoms with E-state index in [2.05, 4.69) is 35.2 Å². The Labute approximate surface area is 125 Å². The Morgan fingerprint density at radius 3 is 2.71 bits per heavy atom. The highest BCUT2D eigenvalue weighted by molar-refractivity contribution is 5.47. The molecule has 3 heteroatoms. The summed E-state index contributed by atoms with van der Waals surface area (Å²) >= 11 is 0. The molecule has 1 aliphatic rings. The molecule has 0 aromatic heterocycles. The second-order valence-electron chi connectivity index (χ2n) is 5.59. The molecule has 1 heterocycles. The molecule has 0 amide bonds. The third-order valence-corrected chi connectivity index (χ3v) is 4.06. The standard InChI is InChI=1S/C18H21NO2/c1-21-18-11-16-13-19(12-14-6-3-2-4-7-14)9-5-8-15(16)10-17(18)20/h2-4,6-7,10-11,20H,5,8-9,12-13H2,1H3. The molecule has 21 heavy (non-hydrogen) atoms. The molecule has 0 radical (unpaired) electrons. The van der Waals surface area contributed by atoms with Crippen molar-refractivity contribution in [2.24, 2.45) is 0 Å². The summed E-state index contributed by atoms with van der Waals surface area (Å²) in [7, 11) is 1.60. The Kier molecular flexibility index (Phi) is 4.11. The second kappa shape index (κ2) is 6.19. The van der Waals surface area contributed by atoms with Gasteiger partial charge in [-0.05, 0) is 48.2 Å². The number of nitrogens with zero attached hydrogens (tertiary/aromatic N) is 1. The molecule has 0 atom stereocenters. The molecule has 1 N–H and O–H groups in total. The number of phenols is 1. The van der Waals surface area contributed by atoms with E-state index in [1.165, 1.54) is 16.7 Å². The molecule has 0 unspecified atom stereocenters. The molecule has 0 bridgehead atoms. The number of aryl methyl sites for hydroxylation is 1. The van der Waals surface area contributed by atoms with Gasteiger partial charge in [0.25, 0.3) is 0 Å². The van der Waals surface area contributed by atoms with Crippen molar-refractivity contribution < 1.29 is 9.84 Å². The van der Waals surface area contributed by atoms with E-state index >= 15 is 0 Å². The molecule has 0 spiro atoms. The van der Waals surface area contributed by atoms with E-state index in [1.807, 2.05) is 12.1 Å². The number of rotatable bonds is 3. The summed E-state index contributed by atoms with van der Waals surface area (Å²) in [6, 6.07) is 14.4. The fourth-order valence-electron chi connectivity index (χ4n) is 2.99. The van der Waals surface area contributed by atoms with Crippen molar-refractivity contribution in [1.29, 1.82) is 0 Å². The van der Waals surface area contributed by atoms with Crippen LogP contribution in [0, 0.1) is 0 Å². The Morgan fingerprint density at radius 1 is 1.14 bits per heavy atom. The van der Waals surface area contributed by atoms with Crippen LogP contribution in [0.15, 0.2) is 42.5 Å². The van der Waals surface area contributed by atoms with Gasteiger partial charge in [-0.2, -0.15) is 0 Å². The van der Waals surface area contributed by atoms with Crippen LogP contribution in [0.25, 0.3) is 0 Å². The molecule has 0 saturated heterocycles. The van der Waals surface area contributed by atoms with E-state index in [9.17, 15) is 5.11 Å². The van der Waals surface area contributed by atoms with Gasteiger partial charge in [0.05, 0.1) is 7.11 Å². The first-order valence-electron chi connectivity index (χ1n) is 7.41. The van der Waals surface area contributed by atoms with Crippen LogP contribution < -0.4 is 4.74 Å². The van der Waals surface area contributed by atoms with Crippen molar-refractivity contribution in [1.82, 2.24) is 4.90 Å². The van der Waals surface area contributed by atoms with E-state index < -0.39 is 0 Å². The van der Waals surface area contributed by atoms with Gasteiger partial charge >= 0.3 is 0 Å². The first-order chi connectivity index (χ1) is 10.3. The number of fused-ring (bicyclic) bond motifs is 1. The highest BCUT2D eigenvalue weighted by Crippen LogP contribution is 2.32. The predicted molar refractivity (Wildman–Crippen MR) is 83.5 cm³/mol. The third kappa shape index (κ3) is 3.19. The summed E-state index contributed by atoms with van der Waals surface area (Å²) < 4.78 is 5.24. The molecule has 3 rings (SSSR count). The summed E-state index contributed by atoms with van der Waals surface area (Å²) in [5.74, 6) is 0.808. The Balaban J connectivity index is 1.81. The minimum Gasteiger partial charge on any atom is -0.504 e. The van der Waals surface area contributed by atoms with Gasteiger partial charge in [-0.1, -0.05) is 30.3 Å². The maximum Gasteiger partial charge on any atom is 0.160 e. The number of aromatic hydroxyl groups is 1. The van der Waals surface area contributed by atoms with Gasteiger partial charge in [-0.25, -0.2) is 0 Å². The number of methoxy groups -OCH3 is 1. The fraction of sp³-hybridized carbons (Fsp3) is 0.333. The van der Waals surface area contributed by atoms with Gasteiger partial charge in [-0.15, -0.1) is 0 Å². The third-order valence-electron chi connectivity index (χ3n) is 4.06. The normalized spacial score (nSPS) is 15.3. The van der Waals surface area contributed by atoms with Crippen molar-refractivity contribution >= 4 is 0 Å². The Bertz CT molecular complexity index is 610. The van der Waals surface area contributed by atoms with Gasteiger partial charge in [0, 0.05) is 13.1 Å². The minimum absolute atomic E-state index is 0.243. The van der Waals surface area contributed by atoms with Crippen LogP contribution in [0.5, 0.6) is 11.5 Å². The average Bonchev–Trinajstić information content (AvgIpc) is 2.69. The first kappa shape index (κ1) is 14.0. The van der Waals surface area contributed by atoms with Crippen LogP contribution in [0.3, 0.4) is 0 Å². The molecule has 0 aliphatic carbocycles. The smallest absolute Gasteiger partial charge is 0.160 e. The number of hydrogen-bond donors (Lipinski definition) is 1. The molecular formula is C18H21NO2. The summed E-state index contributed by atoms with van der Waals surface area (Å²) in [6.07, 6.45) is 2.13. The zero-order valence-corrected chi connectivity index (χ0v) is 12.4. The van der Waals surface area contributed by atoms with Crippen molar-refractivity contribution in [2.45, 2.75) is 25.9 Å². The van der Waals surface area contributed by atoms with Gasteiger partial charge in [0.15, 0.2) is 11.5 Å². The van der Waals surface area contributed by atoms with Crippen LogP contribution in [0.4, 0.5) is 0 Å². The highest BCUT2D eigenvalue weighted by Gasteiger charge is 2.17. The first-order valence-corrected chi connectivity index (χ1v) is 7.41. The zero-order valence-electron chi connectivity index (χ0n) is 12.4. The summed E-state index contributed by atoms with van der Waals surface area (Å²) in [5, 5.41) is 9.92. The summed E-state index contributed by atoms with van der Waals surface area (Å²) in [4.78, 5) is 2.46. The van der Waals surface area contributed by atoms with Crippen LogP contribution >= 0.6 is 0 Å². The maximum absolute atomic E-state index is 9.92. The largest absolute Gasteiger partial charge is 0.504 e. The number of ether oxygens (including phenoxy) is 1. The molecule has 0 fully saturated rings. The van der Waals surface area contributed by atoms with E-state index in [4.69, 9.17) is 4.74 Å². The minimum atomic E-state index is 0.243. The summed E-state index contributed by atoms with van der Waals surface area (Å²) in [5.41, 5.74) is 3.84. The van der Waals surface area contributed by atoms with Crippen LogP contribution in [0.2, 0.25) is 0 Å². The molecule has 2 aromatic carbocycles. The average molecular weight is 283 g/mol. The van der Waals surface area contributed by atoms with Crippen LogP contribution in [-0.2, 0) is 19.5 Å². The number of benzene rings is 2. The maximum atomic E-state index is 9.92. The molecule has 2 aromatic rings. The van der Waals surface area contributed by atoms with Crippen molar-refractivity contribution in [3.8, 4) is 11.5 Å². The van der Waals surface area contributed by atoms with E-state index in [1.54, 1.807) is 7.11 Å². The number of phenolic OH excluding ortho intramolecular Hbond substituents is 1. The van der Waals surface area contributed by atoms with Gasteiger partial charge < -0.3 is 9.84 Å². The van der Waals surface area contributed by atoms with E-state index in [-0.39, 0.29) is 5.75 Å². The lowest BCUT2D eigenvalue weighted by Crippen LogP contribution is -2.22. The second-order valence-corrected chi connectivity index (χ2v) is 5.59. The fourth-order valence-corrected chi connectivity index (χ4v) is 2.99. The topological polar surface area (TPSA) is 32.7 Å². The van der Waals surface area contributed by atoms with E-state index in [0.29, 0.717) is 5.75 Å². The monoisotopic (exact) mass is 283 g/mol. The van der Waals surface area contributed by atoms with Crippen LogP contribution in [0.1, 0.15) is 23.1 Å². The zero-order chi connectivity index (χ0) is 14.7. The van der Waals surface area contributed by atoms with Gasteiger partial charge in [0.1, 0.15) is 0 Å². The molecular weight excluding hydrogens is 262 g/mol. The molecule has 0 saturated carbocycles. The van der Waals surface area contributed by atoms with Crippen molar-refractivity contribution in [3.05, 3.63) is 59.2 Å². The number of hydrogen-bond acceptors (Lipinski definition) is 3. The SMILES string of the molecule is COc1cc2c(cc1O)CCCN(Cc1ccccc1)C2. The molecule has 1 aliphatic heterocycles. The lowest BCUT2D eigenvalue weighted by Gasteiger charge is -2.21. The predicted octanol–water partition coefficient (Wildman–Crippen LogP) is 3.35. The van der Waals surface area contributed by atoms with Gasteiger partial charge in [-0.3, -0.25) is 4.90 Å². The lowest BCUT2D eigenvalue weighted by atomic mass is 10.0. The van der Waals surface area contributed by atoms with Crippen molar-refractivity contribution in [2.75, 3.05) is 13.7 Å². The van der Waals surface area contributed by atoms with E-state index in [0.717, 1.165) is 32.5 Å². The lowest BCUT2D eigenvalue weighted by molar-refractivity contribution is 0.260. The van der Waals surface area contributed by atoms with Gasteiger partial charge in [0.2, 0.25) is 0 Å². The van der Waals surface area contributed by atoms with Crippen LogP contribution in [-0.4, -0.2) is 23.7 Å². The quantitative estimate of drug-likeness (QED) is 0.937. The molecule has 110 valence electrons. The Hall–Kier alpha value is -2.00.